The largest absolute Gasteiger partial charge is 0.480 e. The maximum absolute atomic E-state index is 12.5. The number of nitrogens with one attached hydrogen (secondary N) is 3. The van der Waals surface area contributed by atoms with Crippen LogP contribution in [0.15, 0.2) is 0 Å². The van der Waals surface area contributed by atoms with Gasteiger partial charge in [0.05, 0.1) is 12.5 Å². The van der Waals surface area contributed by atoms with E-state index < -0.39 is 66.1 Å². The summed E-state index contributed by atoms with van der Waals surface area (Å²) in [5, 5.41) is 16.1. The van der Waals surface area contributed by atoms with E-state index in [-0.39, 0.29) is 19.3 Å². The first-order chi connectivity index (χ1) is 14.9. The summed E-state index contributed by atoms with van der Waals surface area (Å²) in [6, 6.07) is -4.96. The van der Waals surface area contributed by atoms with Gasteiger partial charge in [-0.2, -0.15) is 0 Å². The highest BCUT2D eigenvalue weighted by Crippen LogP contribution is 2.03. The van der Waals surface area contributed by atoms with E-state index in [9.17, 15) is 33.9 Å². The summed E-state index contributed by atoms with van der Waals surface area (Å²) in [6.45, 7) is 1.66. The molecule has 0 saturated heterocycles. The molecular weight excluding hydrogens is 426 g/mol. The lowest BCUT2D eigenvalue weighted by Crippen LogP contribution is -2.57. The normalized spacial score (nSPS) is 14.3. The number of primary amides is 2. The molecule has 12 N–H and O–H groups in total. The lowest BCUT2D eigenvalue weighted by molar-refractivity contribution is -0.142. The Hall–Kier alpha value is -3.26. The van der Waals surface area contributed by atoms with Crippen LogP contribution in [0.5, 0.6) is 0 Å². The van der Waals surface area contributed by atoms with E-state index in [0.29, 0.717) is 19.4 Å². The van der Waals surface area contributed by atoms with Crippen molar-refractivity contribution in [2.24, 2.45) is 22.9 Å². The van der Waals surface area contributed by atoms with Crippen LogP contribution in [0.25, 0.3) is 0 Å². The number of carboxylic acids is 1. The minimum absolute atomic E-state index is 0.0249. The van der Waals surface area contributed by atoms with Crippen LogP contribution in [0, 0.1) is 0 Å². The Morgan fingerprint density at radius 2 is 1.41 bits per heavy atom. The van der Waals surface area contributed by atoms with Crippen LogP contribution in [0.4, 0.5) is 0 Å². The van der Waals surface area contributed by atoms with E-state index in [1.54, 1.807) is 0 Å². The number of nitrogens with two attached hydrogens (primary N) is 4. The van der Waals surface area contributed by atoms with Crippen LogP contribution in [0.1, 0.15) is 45.4 Å². The van der Waals surface area contributed by atoms with Gasteiger partial charge in [-0.05, 0) is 39.2 Å². The number of carboxylic acid groups (broad SMARTS) is 1. The van der Waals surface area contributed by atoms with Crippen LogP contribution in [0.3, 0.4) is 0 Å². The monoisotopic (exact) mass is 459 g/mol. The predicted molar refractivity (Wildman–Crippen MR) is 112 cm³/mol. The molecule has 4 unspecified atom stereocenters. The second-order valence-corrected chi connectivity index (χ2v) is 7.26. The number of amides is 5. The van der Waals surface area contributed by atoms with Gasteiger partial charge in [-0.1, -0.05) is 0 Å². The van der Waals surface area contributed by atoms with E-state index in [2.05, 4.69) is 16.0 Å². The lowest BCUT2D eigenvalue weighted by atomic mass is 10.1. The van der Waals surface area contributed by atoms with Gasteiger partial charge in [-0.25, -0.2) is 4.79 Å². The minimum Gasteiger partial charge on any atom is -0.480 e. The van der Waals surface area contributed by atoms with Crippen molar-refractivity contribution < 1.29 is 33.9 Å². The molecule has 32 heavy (non-hydrogen) atoms. The molecule has 0 aromatic rings. The summed E-state index contributed by atoms with van der Waals surface area (Å²) < 4.78 is 0. The molecule has 4 atom stereocenters. The van der Waals surface area contributed by atoms with Gasteiger partial charge < -0.3 is 44.0 Å². The molecule has 0 spiro atoms. The third-order valence-corrected chi connectivity index (χ3v) is 4.39. The molecule has 0 aliphatic heterocycles. The van der Waals surface area contributed by atoms with Gasteiger partial charge in [0, 0.05) is 6.42 Å². The molecule has 0 saturated carbocycles. The zero-order valence-corrected chi connectivity index (χ0v) is 18.0. The molecule has 0 radical (unpaired) electrons. The molecule has 0 rings (SSSR count). The highest BCUT2D eigenvalue weighted by atomic mass is 16.4. The Balaban J connectivity index is 5.05. The van der Waals surface area contributed by atoms with Gasteiger partial charge in [0.2, 0.25) is 29.5 Å². The maximum atomic E-state index is 12.5. The first-order valence-corrected chi connectivity index (χ1v) is 10.0. The molecule has 0 aromatic carbocycles. The molecule has 5 amide bonds. The average Bonchev–Trinajstić information content (AvgIpc) is 2.69. The Bertz CT molecular complexity index is 701. The summed E-state index contributed by atoms with van der Waals surface area (Å²) in [5.41, 5.74) is 21.1. The molecule has 14 nitrogen and oxygen atoms in total. The Labute approximate surface area is 185 Å². The molecular formula is C18H33N7O7. The topological polar surface area (TPSA) is 263 Å². The van der Waals surface area contributed by atoms with Crippen molar-refractivity contribution in [3.8, 4) is 0 Å². The zero-order chi connectivity index (χ0) is 24.8. The number of carbonyl (C=O) groups is 6. The third-order valence-electron chi connectivity index (χ3n) is 4.39. The highest BCUT2D eigenvalue weighted by molar-refractivity contribution is 5.96. The van der Waals surface area contributed by atoms with Gasteiger partial charge in [0.1, 0.15) is 18.1 Å². The van der Waals surface area contributed by atoms with E-state index in [0.717, 1.165) is 0 Å². The number of aliphatic carboxylic acids is 1. The molecule has 0 heterocycles. The fourth-order valence-corrected chi connectivity index (χ4v) is 2.54. The lowest BCUT2D eigenvalue weighted by Gasteiger charge is -2.23. The molecule has 0 aromatic heterocycles. The van der Waals surface area contributed by atoms with Crippen molar-refractivity contribution in [3.05, 3.63) is 0 Å². The molecule has 0 aliphatic rings. The van der Waals surface area contributed by atoms with Crippen molar-refractivity contribution in [2.45, 2.75) is 69.6 Å². The SMILES string of the molecule is CC(NC(=O)C(N)CCC(N)=O)C(=O)NC(CC(N)=O)C(=O)NC(CCCCN)C(=O)O. The maximum Gasteiger partial charge on any atom is 0.326 e. The molecule has 182 valence electrons. The molecule has 0 fully saturated rings. The average molecular weight is 460 g/mol. The fraction of sp³-hybridized carbons (Fsp3) is 0.667. The first-order valence-electron chi connectivity index (χ1n) is 10.0. The number of rotatable bonds is 16. The second kappa shape index (κ2) is 14.7. The number of unbranched alkanes of at least 4 members (excludes halogenated alkanes) is 1. The smallest absolute Gasteiger partial charge is 0.326 e. The van der Waals surface area contributed by atoms with Crippen LogP contribution < -0.4 is 38.9 Å². The van der Waals surface area contributed by atoms with Crippen molar-refractivity contribution in [2.75, 3.05) is 6.54 Å². The van der Waals surface area contributed by atoms with E-state index >= 15 is 0 Å². The third kappa shape index (κ3) is 11.8. The van der Waals surface area contributed by atoms with Gasteiger partial charge in [0.15, 0.2) is 0 Å². The Morgan fingerprint density at radius 3 is 1.91 bits per heavy atom. The number of hydrogen-bond acceptors (Lipinski definition) is 8. The summed E-state index contributed by atoms with van der Waals surface area (Å²) in [6.07, 6.45) is 0.366. The quantitative estimate of drug-likeness (QED) is 0.105. The molecule has 0 aliphatic carbocycles. The van der Waals surface area contributed by atoms with Crippen molar-refractivity contribution >= 4 is 35.5 Å². The van der Waals surface area contributed by atoms with Gasteiger partial charge in [-0.15, -0.1) is 0 Å². The first kappa shape index (κ1) is 28.7. The van der Waals surface area contributed by atoms with Crippen LogP contribution in [0.2, 0.25) is 0 Å². The van der Waals surface area contributed by atoms with Crippen LogP contribution in [-0.2, 0) is 28.8 Å². The van der Waals surface area contributed by atoms with Crippen LogP contribution in [-0.4, -0.2) is 71.3 Å². The van der Waals surface area contributed by atoms with Gasteiger partial charge >= 0.3 is 5.97 Å². The van der Waals surface area contributed by atoms with Crippen molar-refractivity contribution in [1.82, 2.24) is 16.0 Å². The van der Waals surface area contributed by atoms with Gasteiger partial charge in [0.25, 0.3) is 0 Å². The zero-order valence-electron chi connectivity index (χ0n) is 18.0. The molecule has 14 heteroatoms. The van der Waals surface area contributed by atoms with E-state index in [1.807, 2.05) is 0 Å². The summed E-state index contributed by atoms with van der Waals surface area (Å²) >= 11 is 0. The highest BCUT2D eigenvalue weighted by Gasteiger charge is 2.29. The standard InChI is InChI=1S/C18H33N7O7/c1-9(23-16(29)10(20)5-6-13(21)26)15(28)25-12(8-14(22)27)17(30)24-11(18(31)32)4-2-3-7-19/h9-12H,2-8,19-20H2,1H3,(H2,21,26)(H2,22,27)(H,23,29)(H,24,30)(H,25,28)(H,31,32). The Morgan fingerprint density at radius 1 is 0.812 bits per heavy atom. The van der Waals surface area contributed by atoms with Crippen molar-refractivity contribution in [3.63, 3.8) is 0 Å². The number of carbonyl (C=O) groups excluding carboxylic acids is 5. The van der Waals surface area contributed by atoms with E-state index in [1.165, 1.54) is 6.92 Å². The summed E-state index contributed by atoms with van der Waals surface area (Å²) in [7, 11) is 0. The fourth-order valence-electron chi connectivity index (χ4n) is 2.54. The summed E-state index contributed by atoms with van der Waals surface area (Å²) in [5.74, 6) is -5.32. The van der Waals surface area contributed by atoms with E-state index in [4.69, 9.17) is 22.9 Å². The van der Waals surface area contributed by atoms with Crippen molar-refractivity contribution in [1.29, 1.82) is 0 Å². The second-order valence-electron chi connectivity index (χ2n) is 7.26. The van der Waals surface area contributed by atoms with Gasteiger partial charge in [-0.3, -0.25) is 24.0 Å². The molecule has 0 bridgehead atoms. The Kier molecular flexibility index (Phi) is 13.2. The minimum atomic E-state index is -1.46. The summed E-state index contributed by atoms with van der Waals surface area (Å²) in [4.78, 5) is 70.4. The predicted octanol–water partition coefficient (Wildman–Crippen LogP) is -3.86. The number of hydrogen-bond donors (Lipinski definition) is 8. The van der Waals surface area contributed by atoms with Crippen LogP contribution >= 0.6 is 0 Å².